The molecule has 0 bridgehead atoms. The first-order valence-corrected chi connectivity index (χ1v) is 15.4. The van der Waals surface area contributed by atoms with Gasteiger partial charge in [-0.25, -0.2) is 19.4 Å². The molecule has 14 nitrogen and oxygen atoms in total. The number of nitrogens with one attached hydrogen (secondary N) is 1. The number of aromatic nitrogens is 4. The number of fused-ring (bicyclic) bond motifs is 5. The first-order valence-electron chi connectivity index (χ1n) is 15.4. The molecule has 1 amide bonds. The van der Waals surface area contributed by atoms with Crippen molar-refractivity contribution in [2.45, 2.75) is 27.7 Å². The minimum Gasteiger partial charge on any atom is -0.450 e. The van der Waals surface area contributed by atoms with Gasteiger partial charge in [-0.2, -0.15) is 5.10 Å². The number of hydrogen-bond donors (Lipinski definition) is 1. The molecule has 14 heteroatoms. The van der Waals surface area contributed by atoms with Gasteiger partial charge < -0.3 is 33.7 Å². The van der Waals surface area contributed by atoms with E-state index in [1.807, 2.05) is 18.2 Å². The van der Waals surface area contributed by atoms with E-state index >= 15 is 0 Å². The maximum atomic E-state index is 14.0. The van der Waals surface area contributed by atoms with Crippen molar-refractivity contribution in [1.82, 2.24) is 24.6 Å². The lowest BCUT2D eigenvalue weighted by Gasteiger charge is -2.35. The second-order valence-corrected chi connectivity index (χ2v) is 10.8. The van der Waals surface area contributed by atoms with E-state index in [-0.39, 0.29) is 36.3 Å². The zero-order valence-corrected chi connectivity index (χ0v) is 26.5. The third kappa shape index (κ3) is 5.89. The number of piperazine rings is 1. The number of amides is 1. The first kappa shape index (κ1) is 31.3. The number of ether oxygens (including phenoxy) is 4. The maximum absolute atomic E-state index is 14.0. The summed E-state index contributed by atoms with van der Waals surface area (Å²) in [5, 5.41) is 6.64. The van der Waals surface area contributed by atoms with E-state index in [0.29, 0.717) is 71.4 Å². The number of aromatic amines is 1. The fraction of sp³-hybridized carbons (Fsp3) is 0.333. The van der Waals surface area contributed by atoms with Crippen LogP contribution in [-0.2, 0) is 14.2 Å². The van der Waals surface area contributed by atoms with Gasteiger partial charge in [0, 0.05) is 48.2 Å². The second kappa shape index (κ2) is 13.0. The number of benzene rings is 2. The highest BCUT2D eigenvalue weighted by atomic mass is 16.7. The minimum atomic E-state index is -0.831. The molecule has 2 aromatic carbocycles. The summed E-state index contributed by atoms with van der Waals surface area (Å²) in [6.45, 7) is 9.77. The van der Waals surface area contributed by atoms with Crippen LogP contribution in [0.3, 0.4) is 0 Å². The monoisotopic (exact) mass is 642 g/mol. The smallest absolute Gasteiger partial charge is 0.450 e. The largest absolute Gasteiger partial charge is 0.513 e. The van der Waals surface area contributed by atoms with Gasteiger partial charge in [-0.3, -0.25) is 4.79 Å². The van der Waals surface area contributed by atoms with Gasteiger partial charge in [-0.1, -0.05) is 6.07 Å². The van der Waals surface area contributed by atoms with Gasteiger partial charge in [0.2, 0.25) is 0 Å². The Morgan fingerprint density at radius 1 is 0.830 bits per heavy atom. The molecule has 1 fully saturated rings. The summed E-state index contributed by atoms with van der Waals surface area (Å²) in [6, 6.07) is 12.3. The zero-order valence-electron chi connectivity index (χ0n) is 26.5. The van der Waals surface area contributed by atoms with Gasteiger partial charge in [-0.15, -0.1) is 4.68 Å². The molecule has 3 aromatic heterocycles. The number of nitrogens with zero attached hydrogens (tertiary/aromatic N) is 5. The number of carbonyl (C=O) groups is 3. The van der Waals surface area contributed by atoms with Crippen molar-refractivity contribution in [3.05, 3.63) is 58.5 Å². The van der Waals surface area contributed by atoms with Crippen molar-refractivity contribution in [3.8, 4) is 17.0 Å². The molecular formula is C33H34N6O8. The van der Waals surface area contributed by atoms with Crippen molar-refractivity contribution in [2.75, 3.05) is 50.9 Å². The molecule has 0 unspecified atom stereocenters. The molecule has 47 heavy (non-hydrogen) atoms. The highest BCUT2D eigenvalue weighted by Gasteiger charge is 2.26. The van der Waals surface area contributed by atoms with Crippen molar-refractivity contribution in [1.29, 1.82) is 0 Å². The van der Waals surface area contributed by atoms with E-state index in [4.69, 9.17) is 23.9 Å². The second-order valence-electron chi connectivity index (χ2n) is 10.8. The Hall–Kier alpha value is -5.66. The number of H-pyrrole nitrogens is 1. The topological polar surface area (TPSA) is 158 Å². The summed E-state index contributed by atoms with van der Waals surface area (Å²) in [4.78, 5) is 62.6. The van der Waals surface area contributed by atoms with Crippen molar-refractivity contribution < 1.29 is 33.3 Å². The fourth-order valence-corrected chi connectivity index (χ4v) is 5.85. The van der Waals surface area contributed by atoms with Crippen LogP contribution in [0.1, 0.15) is 26.5 Å². The average molecular weight is 643 g/mol. The highest BCUT2D eigenvalue weighted by molar-refractivity contribution is 6.22. The summed E-state index contributed by atoms with van der Waals surface area (Å²) in [7, 11) is 0. The molecule has 5 aromatic rings. The summed E-state index contributed by atoms with van der Waals surface area (Å²) < 4.78 is 21.6. The number of rotatable bonds is 6. The summed E-state index contributed by atoms with van der Waals surface area (Å²) in [6.07, 6.45) is -1.85. The van der Waals surface area contributed by atoms with Crippen LogP contribution in [-0.4, -0.2) is 89.0 Å². The molecule has 4 heterocycles. The molecule has 1 saturated heterocycles. The minimum absolute atomic E-state index is 0.140. The molecule has 1 aliphatic rings. The van der Waals surface area contributed by atoms with E-state index in [9.17, 15) is 19.2 Å². The Labute approximate surface area is 268 Å². The third-order valence-corrected chi connectivity index (χ3v) is 7.94. The lowest BCUT2D eigenvalue weighted by molar-refractivity contribution is 0.103. The Morgan fingerprint density at radius 3 is 2.19 bits per heavy atom. The predicted octanol–water partition coefficient (Wildman–Crippen LogP) is 5.22. The van der Waals surface area contributed by atoms with Gasteiger partial charge in [0.25, 0.3) is 5.56 Å². The molecule has 1 aliphatic heterocycles. The van der Waals surface area contributed by atoms with E-state index in [1.165, 1.54) is 0 Å². The zero-order chi connectivity index (χ0) is 33.2. The first-order chi connectivity index (χ1) is 22.7. The summed E-state index contributed by atoms with van der Waals surface area (Å²) in [5.41, 5.74) is 2.69. The van der Waals surface area contributed by atoms with E-state index < -0.39 is 12.2 Å². The summed E-state index contributed by atoms with van der Waals surface area (Å²) in [5.74, 6) is 0.250. The lowest BCUT2D eigenvalue weighted by Crippen LogP contribution is -2.49. The van der Waals surface area contributed by atoms with Gasteiger partial charge in [-0.05, 0) is 64.1 Å². The van der Waals surface area contributed by atoms with Crippen molar-refractivity contribution in [3.63, 3.8) is 0 Å². The van der Waals surface area contributed by atoms with Crippen LogP contribution in [0.4, 0.5) is 20.1 Å². The maximum Gasteiger partial charge on any atom is 0.513 e. The molecule has 244 valence electrons. The molecule has 0 atom stereocenters. The Morgan fingerprint density at radius 2 is 1.51 bits per heavy atom. The average Bonchev–Trinajstić information content (AvgIpc) is 3.41. The molecule has 0 spiro atoms. The van der Waals surface area contributed by atoms with Gasteiger partial charge >= 0.3 is 18.3 Å². The Bertz CT molecular complexity index is 2060. The van der Waals surface area contributed by atoms with Crippen LogP contribution in [0, 0.1) is 6.92 Å². The number of carbonyl (C=O) groups excluding carboxylic acids is 3. The molecular weight excluding hydrogens is 608 g/mol. The number of anilines is 1. The van der Waals surface area contributed by atoms with E-state index in [0.717, 1.165) is 15.8 Å². The predicted molar refractivity (Wildman–Crippen MR) is 174 cm³/mol. The van der Waals surface area contributed by atoms with Crippen LogP contribution in [0.5, 0.6) is 5.75 Å². The van der Waals surface area contributed by atoms with E-state index in [2.05, 4.69) is 15.0 Å². The third-order valence-electron chi connectivity index (χ3n) is 7.94. The van der Waals surface area contributed by atoms with Crippen LogP contribution < -0.4 is 15.2 Å². The van der Waals surface area contributed by atoms with Gasteiger partial charge in [0.05, 0.1) is 47.5 Å². The summed E-state index contributed by atoms with van der Waals surface area (Å²) >= 11 is 0. The molecule has 6 rings (SSSR count). The molecule has 0 aliphatic carbocycles. The van der Waals surface area contributed by atoms with Crippen LogP contribution in [0.15, 0.2) is 47.3 Å². The standard InChI is InChI=1S/C33H34N6O8/c1-5-44-31(41)38-16-14-37(15-17-38)21-10-13-23-24(18-21)34-30(40)27-26(23)25-19(4)36-39(32(42)45-6-2)29(25)35-28(27)20-8-11-22(12-9-20)47-33(43)46-7-3/h8-13,18H,5-7,14-17H2,1-4H3,(H,34,40). The SMILES string of the molecule is CCOC(=O)Oc1ccc(-c2nc3c(c(C)nn3C(=O)OCC)c3c2c(=O)[nH]c2cc(N4CCN(C(=O)OCC)CC4)ccc23)cc1. The number of pyridine rings is 2. The highest BCUT2D eigenvalue weighted by Crippen LogP contribution is 2.37. The van der Waals surface area contributed by atoms with Gasteiger partial charge in [0.1, 0.15) is 5.75 Å². The Balaban J connectivity index is 1.50. The fourth-order valence-electron chi connectivity index (χ4n) is 5.85. The lowest BCUT2D eigenvalue weighted by atomic mass is 9.98. The normalized spacial score (nSPS) is 13.3. The van der Waals surface area contributed by atoms with Crippen molar-refractivity contribution >= 4 is 56.7 Å². The molecule has 0 radical (unpaired) electrons. The van der Waals surface area contributed by atoms with Crippen LogP contribution in [0.25, 0.3) is 44.0 Å². The van der Waals surface area contributed by atoms with Crippen molar-refractivity contribution in [2.24, 2.45) is 0 Å². The van der Waals surface area contributed by atoms with Gasteiger partial charge in [0.15, 0.2) is 5.65 Å². The molecule has 1 N–H and O–H groups in total. The molecule has 0 saturated carbocycles. The van der Waals surface area contributed by atoms with Crippen LogP contribution in [0.2, 0.25) is 0 Å². The van der Waals surface area contributed by atoms with Crippen LogP contribution >= 0.6 is 0 Å². The number of hydrogen-bond acceptors (Lipinski definition) is 11. The Kier molecular flexibility index (Phi) is 8.66. The number of aryl methyl sites for hydroxylation is 1. The quantitative estimate of drug-likeness (QED) is 0.112. The van der Waals surface area contributed by atoms with E-state index in [1.54, 1.807) is 56.9 Å².